The fraction of sp³-hybridized carbons (Fsp3) is 0.500. The standard InChI is InChI=1S/C16H21NO5S/c1-11-3-7-14(8-4-11)23(20,21)10-9-15(18)22-12(2)16(19)17-13-5-6-13/h3-4,7-8,12-13H,5-6,9-10H2,1-2H3,(H,17,19)/t12-/m1/s1. The summed E-state index contributed by atoms with van der Waals surface area (Å²) in [6.45, 7) is 3.34. The highest BCUT2D eigenvalue weighted by Gasteiger charge is 2.27. The first-order valence-electron chi connectivity index (χ1n) is 7.57. The summed E-state index contributed by atoms with van der Waals surface area (Å²) in [5, 5.41) is 2.73. The van der Waals surface area contributed by atoms with Gasteiger partial charge in [-0.25, -0.2) is 8.42 Å². The van der Waals surface area contributed by atoms with E-state index in [9.17, 15) is 18.0 Å². The van der Waals surface area contributed by atoms with E-state index >= 15 is 0 Å². The third-order valence-corrected chi connectivity index (χ3v) is 5.29. The van der Waals surface area contributed by atoms with Crippen LogP contribution in [0.15, 0.2) is 29.2 Å². The number of rotatable bonds is 7. The van der Waals surface area contributed by atoms with Crippen molar-refractivity contribution in [1.82, 2.24) is 5.32 Å². The van der Waals surface area contributed by atoms with Gasteiger partial charge >= 0.3 is 5.97 Å². The Balaban J connectivity index is 1.82. The highest BCUT2D eigenvalue weighted by atomic mass is 32.2. The molecular weight excluding hydrogens is 318 g/mol. The van der Waals surface area contributed by atoms with Gasteiger partial charge in [0.2, 0.25) is 0 Å². The zero-order valence-electron chi connectivity index (χ0n) is 13.2. The molecule has 1 aromatic carbocycles. The normalized spacial score (nSPS) is 15.7. The number of esters is 1. The number of hydrogen-bond acceptors (Lipinski definition) is 5. The number of sulfone groups is 1. The van der Waals surface area contributed by atoms with Crippen LogP contribution in [-0.2, 0) is 24.2 Å². The summed E-state index contributed by atoms with van der Waals surface area (Å²) >= 11 is 0. The first kappa shape index (κ1) is 17.5. The molecule has 1 saturated carbocycles. The van der Waals surface area contributed by atoms with Crippen LogP contribution >= 0.6 is 0 Å². The van der Waals surface area contributed by atoms with E-state index < -0.39 is 21.9 Å². The lowest BCUT2D eigenvalue weighted by molar-refractivity contribution is -0.154. The van der Waals surface area contributed by atoms with Gasteiger partial charge < -0.3 is 10.1 Å². The average Bonchev–Trinajstić information content (AvgIpc) is 3.29. The molecule has 0 spiro atoms. The molecule has 2 rings (SSSR count). The number of aryl methyl sites for hydroxylation is 1. The smallest absolute Gasteiger partial charge is 0.307 e. The number of amides is 1. The topological polar surface area (TPSA) is 89.5 Å². The molecule has 0 aromatic heterocycles. The number of hydrogen-bond donors (Lipinski definition) is 1. The van der Waals surface area contributed by atoms with Gasteiger partial charge in [-0.15, -0.1) is 0 Å². The lowest BCUT2D eigenvalue weighted by Crippen LogP contribution is -2.37. The highest BCUT2D eigenvalue weighted by Crippen LogP contribution is 2.19. The van der Waals surface area contributed by atoms with E-state index in [0.717, 1.165) is 18.4 Å². The van der Waals surface area contributed by atoms with Gasteiger partial charge in [0, 0.05) is 6.04 Å². The second-order valence-corrected chi connectivity index (χ2v) is 7.91. The van der Waals surface area contributed by atoms with Gasteiger partial charge in [0.25, 0.3) is 5.91 Å². The molecule has 0 heterocycles. The molecule has 1 fully saturated rings. The predicted molar refractivity (Wildman–Crippen MR) is 84.6 cm³/mol. The van der Waals surface area contributed by atoms with Crippen molar-refractivity contribution in [3.05, 3.63) is 29.8 Å². The van der Waals surface area contributed by atoms with Crippen LogP contribution in [-0.4, -0.2) is 38.2 Å². The van der Waals surface area contributed by atoms with Crippen molar-refractivity contribution in [2.24, 2.45) is 0 Å². The van der Waals surface area contributed by atoms with Crippen LogP contribution in [0.25, 0.3) is 0 Å². The number of nitrogens with one attached hydrogen (secondary N) is 1. The quantitative estimate of drug-likeness (QED) is 0.758. The molecule has 6 nitrogen and oxygen atoms in total. The van der Waals surface area contributed by atoms with Gasteiger partial charge in [0.15, 0.2) is 15.9 Å². The minimum Gasteiger partial charge on any atom is -0.453 e. The Morgan fingerprint density at radius 3 is 2.43 bits per heavy atom. The minimum atomic E-state index is -3.54. The molecular formula is C16H21NO5S. The highest BCUT2D eigenvalue weighted by molar-refractivity contribution is 7.91. The first-order valence-corrected chi connectivity index (χ1v) is 9.22. The Morgan fingerprint density at radius 1 is 1.26 bits per heavy atom. The number of benzene rings is 1. The SMILES string of the molecule is Cc1ccc(S(=O)(=O)CCC(=O)O[C@H](C)C(=O)NC2CC2)cc1. The van der Waals surface area contributed by atoms with Gasteiger partial charge in [0.05, 0.1) is 17.1 Å². The second-order valence-electron chi connectivity index (χ2n) is 5.80. The van der Waals surface area contributed by atoms with Crippen LogP contribution in [0.4, 0.5) is 0 Å². The van der Waals surface area contributed by atoms with E-state index in [2.05, 4.69) is 5.32 Å². The predicted octanol–water partition coefficient (Wildman–Crippen LogP) is 1.37. The van der Waals surface area contributed by atoms with E-state index in [1.165, 1.54) is 19.1 Å². The van der Waals surface area contributed by atoms with E-state index in [1.807, 2.05) is 6.92 Å². The van der Waals surface area contributed by atoms with Gasteiger partial charge in [-0.1, -0.05) is 17.7 Å². The summed E-state index contributed by atoms with van der Waals surface area (Å²) in [6.07, 6.45) is 0.699. The van der Waals surface area contributed by atoms with Crippen LogP contribution in [0.5, 0.6) is 0 Å². The maximum Gasteiger partial charge on any atom is 0.307 e. The van der Waals surface area contributed by atoms with E-state index in [4.69, 9.17) is 4.74 Å². The summed E-state index contributed by atoms with van der Waals surface area (Å²) in [7, 11) is -3.54. The molecule has 1 N–H and O–H groups in total. The largest absolute Gasteiger partial charge is 0.453 e. The molecule has 0 bridgehead atoms. The number of ether oxygens (including phenoxy) is 1. The van der Waals surface area contributed by atoms with Gasteiger partial charge in [-0.3, -0.25) is 9.59 Å². The van der Waals surface area contributed by atoms with Crippen molar-refractivity contribution >= 4 is 21.7 Å². The van der Waals surface area contributed by atoms with Crippen molar-refractivity contribution in [1.29, 1.82) is 0 Å². The van der Waals surface area contributed by atoms with Crippen molar-refractivity contribution < 1.29 is 22.7 Å². The summed E-state index contributed by atoms with van der Waals surface area (Å²) < 4.78 is 29.2. The number of carbonyl (C=O) groups excluding carboxylic acids is 2. The molecule has 0 saturated heterocycles. The lowest BCUT2D eigenvalue weighted by Gasteiger charge is -2.13. The maximum atomic E-state index is 12.1. The Kier molecular flexibility index (Phi) is 5.41. The van der Waals surface area contributed by atoms with Crippen molar-refractivity contribution in [2.75, 3.05) is 5.75 Å². The van der Waals surface area contributed by atoms with Crippen molar-refractivity contribution in [3.63, 3.8) is 0 Å². The monoisotopic (exact) mass is 339 g/mol. The third kappa shape index (κ3) is 5.35. The van der Waals surface area contributed by atoms with E-state index in [1.54, 1.807) is 12.1 Å². The van der Waals surface area contributed by atoms with E-state index in [0.29, 0.717) is 0 Å². The van der Waals surface area contributed by atoms with Crippen LogP contribution in [0.2, 0.25) is 0 Å². The zero-order valence-corrected chi connectivity index (χ0v) is 14.1. The van der Waals surface area contributed by atoms with Crippen LogP contribution in [0, 0.1) is 6.92 Å². The van der Waals surface area contributed by atoms with E-state index in [-0.39, 0.29) is 29.0 Å². The molecule has 1 aliphatic carbocycles. The molecule has 1 aromatic rings. The minimum absolute atomic E-state index is 0.176. The molecule has 0 aliphatic heterocycles. The van der Waals surface area contributed by atoms with Gasteiger partial charge in [-0.05, 0) is 38.8 Å². The molecule has 0 unspecified atom stereocenters. The molecule has 1 amide bonds. The average molecular weight is 339 g/mol. The molecule has 1 atom stereocenters. The molecule has 126 valence electrons. The summed E-state index contributed by atoms with van der Waals surface area (Å²) in [4.78, 5) is 23.6. The summed E-state index contributed by atoms with van der Waals surface area (Å²) in [5.74, 6) is -1.38. The summed E-state index contributed by atoms with van der Waals surface area (Å²) in [5.41, 5.74) is 0.957. The maximum absolute atomic E-state index is 12.1. The molecule has 7 heteroatoms. The Hall–Kier alpha value is -1.89. The first-order chi connectivity index (χ1) is 10.8. The molecule has 0 radical (unpaired) electrons. The summed E-state index contributed by atoms with van der Waals surface area (Å²) in [6, 6.07) is 6.62. The van der Waals surface area contributed by atoms with Gasteiger partial charge in [-0.2, -0.15) is 0 Å². The fourth-order valence-corrected chi connectivity index (χ4v) is 3.16. The van der Waals surface area contributed by atoms with Crippen LogP contribution < -0.4 is 5.32 Å². The van der Waals surface area contributed by atoms with Crippen LogP contribution in [0.3, 0.4) is 0 Å². The Morgan fingerprint density at radius 2 is 1.87 bits per heavy atom. The Labute approximate surface area is 136 Å². The second kappa shape index (κ2) is 7.12. The fourth-order valence-electron chi connectivity index (χ4n) is 1.94. The Bertz CT molecular complexity index is 677. The van der Waals surface area contributed by atoms with Crippen LogP contribution in [0.1, 0.15) is 31.7 Å². The van der Waals surface area contributed by atoms with Crippen molar-refractivity contribution in [2.45, 2.75) is 50.2 Å². The third-order valence-electron chi connectivity index (χ3n) is 3.56. The molecule has 23 heavy (non-hydrogen) atoms. The zero-order chi connectivity index (χ0) is 17.0. The molecule has 1 aliphatic rings. The number of carbonyl (C=O) groups is 2. The lowest BCUT2D eigenvalue weighted by atomic mass is 10.2. The van der Waals surface area contributed by atoms with Gasteiger partial charge in [0.1, 0.15) is 0 Å². The van der Waals surface area contributed by atoms with Crippen molar-refractivity contribution in [3.8, 4) is 0 Å².